The Balaban J connectivity index is 3.36. The number of carbonyl (C=O) groups is 1. The first kappa shape index (κ1) is 8.93. The Morgan fingerprint density at radius 2 is 2.00 bits per heavy atom. The molecule has 0 aliphatic rings. The van der Waals surface area contributed by atoms with Crippen LogP contribution in [0.5, 0.6) is 0 Å². The summed E-state index contributed by atoms with van der Waals surface area (Å²) in [5, 5.41) is 9.32. The number of carboxylic acid groups (broad SMARTS) is 1. The Kier molecular flexibility index (Phi) is 2.28. The van der Waals surface area contributed by atoms with Crippen molar-refractivity contribution in [1.29, 1.82) is 0 Å². The second-order valence-corrected chi connectivity index (χ2v) is 2.39. The van der Waals surface area contributed by atoms with Crippen molar-refractivity contribution in [3.63, 3.8) is 0 Å². The monoisotopic (exact) mass is 191 g/mol. The maximum Gasteiger partial charge on any atom is 0.153 e. The largest absolute Gasteiger partial charge is 0.545 e. The van der Waals surface area contributed by atoms with Gasteiger partial charge >= 0.3 is 0 Å². The molecule has 64 valence electrons. The molecule has 2 nitrogen and oxygen atoms in total. The van der Waals surface area contributed by atoms with Crippen molar-refractivity contribution < 1.29 is 18.7 Å². The predicted octanol–water partition coefficient (Wildman–Crippen LogP) is 0.982. The summed E-state index contributed by atoms with van der Waals surface area (Å²) >= 11 is 5.09. The van der Waals surface area contributed by atoms with Crippen LogP contribution in [0.2, 0.25) is 5.02 Å². The number of benzene rings is 1. The average Bonchev–Trinajstić information content (AvgIpc) is 2.00. The highest BCUT2D eigenvalue weighted by atomic mass is 35.5. The van der Waals surface area contributed by atoms with Gasteiger partial charge in [-0.15, -0.1) is 0 Å². The summed E-state index contributed by atoms with van der Waals surface area (Å²) in [6, 6.07) is 1.52. The van der Waals surface area contributed by atoms with E-state index in [9.17, 15) is 18.7 Å². The molecule has 0 radical (unpaired) electrons. The van der Waals surface area contributed by atoms with E-state index in [0.717, 1.165) is 12.1 Å². The smallest absolute Gasteiger partial charge is 0.153 e. The van der Waals surface area contributed by atoms with Crippen LogP contribution in [-0.2, 0) is 0 Å². The molecule has 12 heavy (non-hydrogen) atoms. The van der Waals surface area contributed by atoms with E-state index in [1.165, 1.54) is 0 Å². The zero-order valence-corrected chi connectivity index (χ0v) is 6.36. The van der Waals surface area contributed by atoms with Crippen LogP contribution < -0.4 is 5.11 Å². The Hall–Kier alpha value is -1.16. The van der Waals surface area contributed by atoms with Crippen molar-refractivity contribution in [3.8, 4) is 0 Å². The van der Waals surface area contributed by atoms with Gasteiger partial charge in [0.25, 0.3) is 0 Å². The fourth-order valence-electron chi connectivity index (χ4n) is 0.684. The van der Waals surface area contributed by atoms with Crippen LogP contribution in [0.15, 0.2) is 12.1 Å². The predicted molar refractivity (Wildman–Crippen MR) is 35.7 cm³/mol. The maximum atomic E-state index is 12.7. The second kappa shape index (κ2) is 3.06. The van der Waals surface area contributed by atoms with E-state index in [0.29, 0.717) is 0 Å². The molecule has 0 bridgehead atoms. The zero-order chi connectivity index (χ0) is 9.30. The Morgan fingerprint density at radius 1 is 1.42 bits per heavy atom. The molecule has 0 N–H and O–H groups in total. The molecule has 1 rings (SSSR count). The summed E-state index contributed by atoms with van der Waals surface area (Å²) in [7, 11) is 0. The minimum Gasteiger partial charge on any atom is -0.545 e. The number of hydrogen-bond acceptors (Lipinski definition) is 2. The number of carbonyl (C=O) groups excluding carboxylic acids is 1. The molecule has 1 aromatic rings. The molecule has 1 aromatic carbocycles. The third-order valence-corrected chi connectivity index (χ3v) is 1.60. The lowest BCUT2D eigenvalue weighted by atomic mass is 10.2. The molecule has 0 atom stereocenters. The Labute approximate surface area is 71.4 Å². The molecule has 0 aliphatic carbocycles. The van der Waals surface area contributed by atoms with Gasteiger partial charge in [0, 0.05) is 5.56 Å². The average molecular weight is 192 g/mol. The highest BCUT2D eigenvalue weighted by molar-refractivity contribution is 6.31. The topological polar surface area (TPSA) is 40.1 Å². The molecule has 0 aromatic heterocycles. The van der Waals surface area contributed by atoms with E-state index < -0.39 is 28.2 Å². The zero-order valence-electron chi connectivity index (χ0n) is 5.61. The second-order valence-electron chi connectivity index (χ2n) is 2.01. The van der Waals surface area contributed by atoms with Gasteiger partial charge in [0.15, 0.2) is 5.82 Å². The van der Waals surface area contributed by atoms with E-state index >= 15 is 0 Å². The van der Waals surface area contributed by atoms with E-state index in [1.54, 1.807) is 0 Å². The van der Waals surface area contributed by atoms with Gasteiger partial charge in [-0.05, 0) is 12.1 Å². The first-order chi connectivity index (χ1) is 5.54. The summed E-state index contributed by atoms with van der Waals surface area (Å²) in [5.74, 6) is -4.04. The highest BCUT2D eigenvalue weighted by Crippen LogP contribution is 2.21. The number of hydrogen-bond donors (Lipinski definition) is 0. The molecule has 0 saturated heterocycles. The first-order valence-electron chi connectivity index (χ1n) is 2.89. The van der Waals surface area contributed by atoms with Crippen LogP contribution in [0.1, 0.15) is 10.4 Å². The van der Waals surface area contributed by atoms with Crippen molar-refractivity contribution in [2.24, 2.45) is 0 Å². The fraction of sp³-hybridized carbons (Fsp3) is 0. The standard InChI is InChI=1S/C7H3ClF2O2/c8-5-4(9)2-1-3(6(5)10)7(11)12/h1-2H,(H,11,12)/p-1. The van der Waals surface area contributed by atoms with Crippen molar-refractivity contribution in [3.05, 3.63) is 34.4 Å². The van der Waals surface area contributed by atoms with E-state index in [2.05, 4.69) is 0 Å². The number of aromatic carboxylic acids is 1. The van der Waals surface area contributed by atoms with E-state index in [4.69, 9.17) is 11.6 Å². The maximum absolute atomic E-state index is 12.7. The van der Waals surface area contributed by atoms with Crippen LogP contribution in [0.25, 0.3) is 0 Å². The van der Waals surface area contributed by atoms with Gasteiger partial charge in [0.1, 0.15) is 10.8 Å². The normalized spacial score (nSPS) is 9.92. The van der Waals surface area contributed by atoms with Crippen LogP contribution >= 0.6 is 11.6 Å². The van der Waals surface area contributed by atoms with Crippen molar-refractivity contribution in [1.82, 2.24) is 0 Å². The molecule has 0 spiro atoms. The van der Waals surface area contributed by atoms with Crippen LogP contribution in [0.3, 0.4) is 0 Å². The van der Waals surface area contributed by atoms with Gasteiger partial charge in [-0.1, -0.05) is 11.6 Å². The lowest BCUT2D eigenvalue weighted by Crippen LogP contribution is -2.23. The van der Waals surface area contributed by atoms with Gasteiger partial charge in [0.2, 0.25) is 0 Å². The molecule has 0 heterocycles. The number of halogens is 3. The lowest BCUT2D eigenvalue weighted by molar-refractivity contribution is -0.255. The number of carboxylic acids is 1. The Morgan fingerprint density at radius 3 is 2.50 bits per heavy atom. The van der Waals surface area contributed by atoms with Crippen molar-refractivity contribution in [2.45, 2.75) is 0 Å². The molecule has 0 amide bonds. The fourth-order valence-corrected chi connectivity index (χ4v) is 0.848. The molecule has 0 aliphatic heterocycles. The number of rotatable bonds is 1. The Bertz CT molecular complexity index is 338. The van der Waals surface area contributed by atoms with Crippen molar-refractivity contribution >= 4 is 17.6 Å². The first-order valence-corrected chi connectivity index (χ1v) is 3.26. The molecule has 0 unspecified atom stereocenters. The summed E-state index contributed by atoms with van der Waals surface area (Å²) in [6.07, 6.45) is 0. The van der Waals surface area contributed by atoms with Gasteiger partial charge < -0.3 is 9.90 Å². The summed E-state index contributed by atoms with van der Waals surface area (Å²) < 4.78 is 25.2. The third-order valence-electron chi connectivity index (χ3n) is 1.26. The molecular weight excluding hydrogens is 190 g/mol. The van der Waals surface area contributed by atoms with Crippen LogP contribution in [-0.4, -0.2) is 5.97 Å². The SMILES string of the molecule is O=C([O-])c1ccc(F)c(Cl)c1F. The molecule has 0 saturated carbocycles. The summed E-state index contributed by atoms with van der Waals surface area (Å²) in [4.78, 5) is 10.2. The van der Waals surface area contributed by atoms with Gasteiger partial charge in [-0.25, -0.2) is 8.78 Å². The minimum absolute atomic E-state index is 0.749. The van der Waals surface area contributed by atoms with Gasteiger partial charge in [-0.2, -0.15) is 0 Å². The highest BCUT2D eigenvalue weighted by Gasteiger charge is 2.11. The molecular formula is C7H2ClF2O2-. The lowest BCUT2D eigenvalue weighted by Gasteiger charge is -2.04. The van der Waals surface area contributed by atoms with E-state index in [-0.39, 0.29) is 0 Å². The van der Waals surface area contributed by atoms with Crippen LogP contribution in [0, 0.1) is 11.6 Å². The summed E-state index contributed by atoms with van der Waals surface area (Å²) in [5.41, 5.74) is -0.749. The quantitative estimate of drug-likeness (QED) is 0.621. The molecule has 0 fully saturated rings. The van der Waals surface area contributed by atoms with E-state index in [1.807, 2.05) is 0 Å². The van der Waals surface area contributed by atoms with Crippen molar-refractivity contribution in [2.75, 3.05) is 0 Å². The van der Waals surface area contributed by atoms with Gasteiger partial charge in [0.05, 0.1) is 5.97 Å². The van der Waals surface area contributed by atoms with Crippen LogP contribution in [0.4, 0.5) is 8.78 Å². The summed E-state index contributed by atoms with van der Waals surface area (Å²) in [6.45, 7) is 0. The minimum atomic E-state index is -1.73. The van der Waals surface area contributed by atoms with Gasteiger partial charge in [-0.3, -0.25) is 0 Å². The third kappa shape index (κ3) is 1.38. The molecule has 5 heteroatoms.